The Balaban J connectivity index is 1.58. The van der Waals surface area contributed by atoms with Crippen LogP contribution in [0.4, 0.5) is 10.1 Å². The van der Waals surface area contributed by atoms with Gasteiger partial charge >= 0.3 is 0 Å². The van der Waals surface area contributed by atoms with E-state index in [1.54, 1.807) is 20.0 Å². The van der Waals surface area contributed by atoms with Gasteiger partial charge in [0.05, 0.1) is 13.2 Å². The van der Waals surface area contributed by atoms with Crippen molar-refractivity contribution < 1.29 is 9.13 Å². The molecule has 0 radical (unpaired) electrons. The number of rotatable bonds is 5. The number of nitrogens with zero attached hydrogens (tertiary/aromatic N) is 2. The number of anilines is 1. The summed E-state index contributed by atoms with van der Waals surface area (Å²) in [6, 6.07) is 13.5. The van der Waals surface area contributed by atoms with Crippen LogP contribution in [0.2, 0.25) is 0 Å². The second-order valence-electron chi connectivity index (χ2n) is 6.59. The zero-order valence-corrected chi connectivity index (χ0v) is 16.0. The fraction of sp³-hybridized carbons (Fsp3) is 0.381. The average Bonchev–Trinajstić information content (AvgIpc) is 2.71. The Kier molecular flexibility index (Phi) is 6.65. The van der Waals surface area contributed by atoms with Crippen molar-refractivity contribution in [1.29, 1.82) is 0 Å². The molecule has 2 aromatic rings. The first-order chi connectivity index (χ1) is 13.2. The number of aliphatic imine (C=N–C) groups is 1. The van der Waals surface area contributed by atoms with Gasteiger partial charge in [0.25, 0.3) is 0 Å². The molecule has 0 amide bonds. The molecule has 1 fully saturated rings. The first-order valence-electron chi connectivity index (χ1n) is 9.27. The van der Waals surface area contributed by atoms with Gasteiger partial charge in [0, 0.05) is 38.9 Å². The number of ether oxygens (including phenoxy) is 1. The summed E-state index contributed by atoms with van der Waals surface area (Å²) in [5.41, 5.74) is 4.13. The van der Waals surface area contributed by atoms with Crippen molar-refractivity contribution in [2.24, 2.45) is 4.99 Å². The van der Waals surface area contributed by atoms with E-state index in [0.717, 1.165) is 31.9 Å². The van der Waals surface area contributed by atoms with Crippen LogP contribution in [-0.4, -0.2) is 39.3 Å². The predicted molar refractivity (Wildman–Crippen MR) is 108 cm³/mol. The summed E-state index contributed by atoms with van der Waals surface area (Å²) in [4.78, 5) is 6.65. The second-order valence-corrected chi connectivity index (χ2v) is 6.59. The quantitative estimate of drug-likeness (QED) is 0.628. The van der Waals surface area contributed by atoms with Crippen LogP contribution >= 0.6 is 0 Å². The minimum absolute atomic E-state index is 0.180. The average molecular weight is 370 g/mol. The lowest BCUT2D eigenvalue weighted by Crippen LogP contribution is -2.39. The molecule has 2 N–H and O–H groups in total. The van der Waals surface area contributed by atoms with Gasteiger partial charge in [0.15, 0.2) is 5.96 Å². The highest BCUT2D eigenvalue weighted by Crippen LogP contribution is 2.21. The maximum Gasteiger partial charge on any atom is 0.191 e. The standard InChI is InChI=1S/C21H27FN4O/c1-16-13-17(7-8-19(16)22)14-24-21(23-2)25-15-18-5-3-4-6-20(18)26-9-11-27-12-10-26/h3-8,13H,9-12,14-15H2,1-2H3,(H2,23,24,25). The Labute approximate surface area is 160 Å². The number of para-hydroxylation sites is 1. The zero-order chi connectivity index (χ0) is 19.1. The van der Waals surface area contributed by atoms with Gasteiger partial charge in [-0.2, -0.15) is 0 Å². The number of hydrogen-bond acceptors (Lipinski definition) is 3. The summed E-state index contributed by atoms with van der Waals surface area (Å²) in [7, 11) is 1.75. The van der Waals surface area contributed by atoms with Crippen LogP contribution < -0.4 is 15.5 Å². The van der Waals surface area contributed by atoms with Crippen LogP contribution in [-0.2, 0) is 17.8 Å². The largest absolute Gasteiger partial charge is 0.378 e. The molecule has 0 spiro atoms. The molecule has 1 heterocycles. The fourth-order valence-corrected chi connectivity index (χ4v) is 3.18. The van der Waals surface area contributed by atoms with Crippen LogP contribution in [0.1, 0.15) is 16.7 Å². The normalized spacial score (nSPS) is 14.9. The van der Waals surface area contributed by atoms with E-state index in [1.165, 1.54) is 17.3 Å². The van der Waals surface area contributed by atoms with E-state index in [0.29, 0.717) is 24.6 Å². The van der Waals surface area contributed by atoms with E-state index in [4.69, 9.17) is 4.74 Å². The van der Waals surface area contributed by atoms with Crippen LogP contribution in [0.15, 0.2) is 47.5 Å². The maximum atomic E-state index is 13.4. The van der Waals surface area contributed by atoms with Gasteiger partial charge in [-0.3, -0.25) is 4.99 Å². The first-order valence-corrected chi connectivity index (χ1v) is 9.27. The van der Waals surface area contributed by atoms with E-state index in [9.17, 15) is 4.39 Å². The van der Waals surface area contributed by atoms with Crippen molar-refractivity contribution in [3.8, 4) is 0 Å². The van der Waals surface area contributed by atoms with Crippen molar-refractivity contribution in [2.45, 2.75) is 20.0 Å². The van der Waals surface area contributed by atoms with Crippen molar-refractivity contribution in [2.75, 3.05) is 38.3 Å². The third-order valence-electron chi connectivity index (χ3n) is 4.70. The van der Waals surface area contributed by atoms with Gasteiger partial charge in [-0.15, -0.1) is 0 Å². The van der Waals surface area contributed by atoms with Gasteiger partial charge in [-0.1, -0.05) is 30.3 Å². The van der Waals surface area contributed by atoms with E-state index >= 15 is 0 Å². The van der Waals surface area contributed by atoms with Gasteiger partial charge < -0.3 is 20.3 Å². The fourth-order valence-electron chi connectivity index (χ4n) is 3.18. The molecule has 0 bridgehead atoms. The molecule has 27 heavy (non-hydrogen) atoms. The molecular formula is C21H27FN4O. The zero-order valence-electron chi connectivity index (χ0n) is 16.0. The summed E-state index contributed by atoms with van der Waals surface area (Å²) in [5, 5.41) is 6.65. The van der Waals surface area contributed by atoms with E-state index in [1.807, 2.05) is 6.07 Å². The van der Waals surface area contributed by atoms with Crippen LogP contribution in [0.3, 0.4) is 0 Å². The lowest BCUT2D eigenvalue weighted by atomic mass is 10.1. The minimum Gasteiger partial charge on any atom is -0.378 e. The van der Waals surface area contributed by atoms with Crippen molar-refractivity contribution in [3.05, 3.63) is 65.0 Å². The van der Waals surface area contributed by atoms with Crippen molar-refractivity contribution in [1.82, 2.24) is 10.6 Å². The molecule has 0 atom stereocenters. The lowest BCUT2D eigenvalue weighted by molar-refractivity contribution is 0.122. The van der Waals surface area contributed by atoms with E-state index < -0.39 is 0 Å². The molecule has 2 aromatic carbocycles. The number of morpholine rings is 1. The Morgan fingerprint density at radius 3 is 2.59 bits per heavy atom. The monoisotopic (exact) mass is 370 g/mol. The SMILES string of the molecule is CN=C(NCc1ccc(F)c(C)c1)NCc1ccccc1N1CCOCC1. The number of guanidine groups is 1. The first kappa shape index (κ1) is 19.2. The summed E-state index contributed by atoms with van der Waals surface area (Å²) in [5.74, 6) is 0.537. The predicted octanol–water partition coefficient (Wildman–Crippen LogP) is 2.84. The number of hydrogen-bond donors (Lipinski definition) is 2. The highest BCUT2D eigenvalue weighted by atomic mass is 19.1. The molecule has 5 nitrogen and oxygen atoms in total. The van der Waals surface area contributed by atoms with Gasteiger partial charge in [-0.25, -0.2) is 4.39 Å². The number of benzene rings is 2. The summed E-state index contributed by atoms with van der Waals surface area (Å²) >= 11 is 0. The molecule has 1 aliphatic rings. The molecule has 0 unspecified atom stereocenters. The molecule has 1 saturated heterocycles. The summed E-state index contributed by atoms with van der Waals surface area (Å²) in [6.45, 7) is 6.39. The van der Waals surface area contributed by atoms with Crippen LogP contribution in [0.5, 0.6) is 0 Å². The van der Waals surface area contributed by atoms with Crippen molar-refractivity contribution in [3.63, 3.8) is 0 Å². The smallest absolute Gasteiger partial charge is 0.191 e. The van der Waals surface area contributed by atoms with Crippen molar-refractivity contribution >= 4 is 11.6 Å². The van der Waals surface area contributed by atoms with E-state index in [-0.39, 0.29) is 5.82 Å². The molecule has 0 saturated carbocycles. The Morgan fingerprint density at radius 1 is 1.11 bits per heavy atom. The summed E-state index contributed by atoms with van der Waals surface area (Å²) in [6.07, 6.45) is 0. The molecular weight excluding hydrogens is 343 g/mol. The van der Waals surface area contributed by atoms with E-state index in [2.05, 4.69) is 44.8 Å². The Morgan fingerprint density at radius 2 is 1.85 bits per heavy atom. The number of aryl methyl sites for hydroxylation is 1. The Bertz CT molecular complexity index is 788. The van der Waals surface area contributed by atoms with Gasteiger partial charge in [0.1, 0.15) is 5.82 Å². The maximum absolute atomic E-state index is 13.4. The summed E-state index contributed by atoms with van der Waals surface area (Å²) < 4.78 is 18.9. The van der Waals surface area contributed by atoms with Crippen LogP contribution in [0, 0.1) is 12.7 Å². The highest BCUT2D eigenvalue weighted by Gasteiger charge is 2.14. The minimum atomic E-state index is -0.180. The van der Waals surface area contributed by atoms with Gasteiger partial charge in [0.2, 0.25) is 0 Å². The number of halogens is 1. The topological polar surface area (TPSA) is 48.9 Å². The number of nitrogens with one attached hydrogen (secondary N) is 2. The lowest BCUT2D eigenvalue weighted by Gasteiger charge is -2.30. The third-order valence-corrected chi connectivity index (χ3v) is 4.70. The second kappa shape index (κ2) is 9.37. The molecule has 0 aliphatic carbocycles. The van der Waals surface area contributed by atoms with Gasteiger partial charge in [-0.05, 0) is 35.7 Å². The molecule has 3 rings (SSSR count). The van der Waals surface area contributed by atoms with Crippen LogP contribution in [0.25, 0.3) is 0 Å². The molecule has 1 aliphatic heterocycles. The molecule has 144 valence electrons. The Hall–Kier alpha value is -2.60. The molecule has 0 aromatic heterocycles. The highest BCUT2D eigenvalue weighted by molar-refractivity contribution is 5.79. The molecule has 6 heteroatoms. The third kappa shape index (κ3) is 5.20.